The van der Waals surface area contributed by atoms with Crippen molar-refractivity contribution in [1.29, 1.82) is 0 Å². The quantitative estimate of drug-likeness (QED) is 0.615. The number of nitrogens with zero attached hydrogens (tertiary/aromatic N) is 1. The zero-order valence-corrected chi connectivity index (χ0v) is 15.0. The number of amides is 1. The van der Waals surface area contributed by atoms with E-state index < -0.39 is 11.7 Å². The van der Waals surface area contributed by atoms with Crippen LogP contribution in [0.1, 0.15) is 15.7 Å². The van der Waals surface area contributed by atoms with Crippen molar-refractivity contribution in [1.82, 2.24) is 5.43 Å². The van der Waals surface area contributed by atoms with Gasteiger partial charge in [-0.15, -0.1) is 23.5 Å². The van der Waals surface area contributed by atoms with Gasteiger partial charge in [0.25, 0.3) is 5.91 Å². The summed E-state index contributed by atoms with van der Waals surface area (Å²) in [7, 11) is 0. The van der Waals surface area contributed by atoms with Gasteiger partial charge in [-0.1, -0.05) is 30.3 Å². The third-order valence-corrected chi connectivity index (χ3v) is 6.55. The summed E-state index contributed by atoms with van der Waals surface area (Å²) < 4.78 is 19.3. The number of carbonyl (C=O) groups is 1. The van der Waals surface area contributed by atoms with Gasteiger partial charge in [-0.05, 0) is 23.8 Å². The standard InChI is InChI=1S/C18H17FN2O2S2/c19-16-4-2-1-3-14(16)11-20-21-17(22)12-23-15-7-5-13(6-8-15)18-24-9-10-25-18/h1-8,11,18H,9-10,12H2,(H,21,22)/b20-11-. The molecule has 1 amide bonds. The number of nitrogens with one attached hydrogen (secondary N) is 1. The fourth-order valence-electron chi connectivity index (χ4n) is 2.21. The molecule has 1 heterocycles. The zero-order valence-electron chi connectivity index (χ0n) is 13.4. The monoisotopic (exact) mass is 376 g/mol. The molecule has 1 aliphatic heterocycles. The third kappa shape index (κ3) is 5.24. The summed E-state index contributed by atoms with van der Waals surface area (Å²) in [6.45, 7) is -0.152. The highest BCUT2D eigenvalue weighted by Crippen LogP contribution is 2.45. The Balaban J connectivity index is 1.45. The first-order valence-corrected chi connectivity index (χ1v) is 9.84. The average Bonchev–Trinajstić information content (AvgIpc) is 3.17. The van der Waals surface area contributed by atoms with E-state index in [1.165, 1.54) is 29.4 Å². The molecule has 0 aliphatic carbocycles. The Hall–Kier alpha value is -1.99. The van der Waals surface area contributed by atoms with Gasteiger partial charge < -0.3 is 4.74 Å². The van der Waals surface area contributed by atoms with Gasteiger partial charge in [0.15, 0.2) is 6.61 Å². The molecule has 2 aromatic carbocycles. The minimum Gasteiger partial charge on any atom is -0.484 e. The van der Waals surface area contributed by atoms with Crippen LogP contribution >= 0.6 is 23.5 Å². The number of rotatable bonds is 6. The van der Waals surface area contributed by atoms with Crippen molar-refractivity contribution in [3.63, 3.8) is 0 Å². The number of carbonyl (C=O) groups excluding carboxylic acids is 1. The van der Waals surface area contributed by atoms with Crippen molar-refractivity contribution < 1.29 is 13.9 Å². The minimum absolute atomic E-state index is 0.152. The second kappa shape index (κ2) is 8.92. The summed E-state index contributed by atoms with van der Waals surface area (Å²) in [4.78, 5) is 11.7. The molecule has 1 saturated heterocycles. The van der Waals surface area contributed by atoms with E-state index in [0.717, 1.165) is 0 Å². The lowest BCUT2D eigenvalue weighted by molar-refractivity contribution is -0.123. The summed E-state index contributed by atoms with van der Waals surface area (Å²) in [6, 6.07) is 14.0. The summed E-state index contributed by atoms with van der Waals surface area (Å²) in [6.07, 6.45) is 1.26. The van der Waals surface area contributed by atoms with E-state index in [9.17, 15) is 9.18 Å². The first kappa shape index (κ1) is 17.8. The van der Waals surface area contributed by atoms with Crippen molar-refractivity contribution in [2.45, 2.75) is 4.58 Å². The van der Waals surface area contributed by atoms with Gasteiger partial charge >= 0.3 is 0 Å². The van der Waals surface area contributed by atoms with Crippen LogP contribution in [0, 0.1) is 5.82 Å². The highest BCUT2D eigenvalue weighted by molar-refractivity contribution is 8.19. The van der Waals surface area contributed by atoms with Gasteiger partial charge in [0.1, 0.15) is 11.6 Å². The number of hydrogen-bond acceptors (Lipinski definition) is 5. The van der Waals surface area contributed by atoms with E-state index in [-0.39, 0.29) is 6.61 Å². The number of thioether (sulfide) groups is 2. The molecule has 3 rings (SSSR count). The van der Waals surface area contributed by atoms with Crippen LogP contribution in [0.5, 0.6) is 5.75 Å². The molecular weight excluding hydrogens is 359 g/mol. The Morgan fingerprint density at radius 1 is 1.20 bits per heavy atom. The Bertz CT molecular complexity index is 747. The van der Waals surface area contributed by atoms with Crippen LogP contribution in [-0.4, -0.2) is 30.2 Å². The summed E-state index contributed by atoms with van der Waals surface area (Å²) in [5.74, 6) is 2.20. The fourth-order valence-corrected chi connectivity index (χ4v) is 5.07. The van der Waals surface area contributed by atoms with Crippen LogP contribution in [-0.2, 0) is 4.79 Å². The predicted octanol–water partition coefficient (Wildman–Crippen LogP) is 3.83. The molecule has 4 nitrogen and oxygen atoms in total. The van der Waals surface area contributed by atoms with Crippen molar-refractivity contribution >= 4 is 35.6 Å². The molecule has 1 aliphatic rings. The van der Waals surface area contributed by atoms with E-state index in [1.54, 1.807) is 18.2 Å². The maximum atomic E-state index is 13.4. The Labute approximate surface area is 154 Å². The van der Waals surface area contributed by atoms with E-state index in [2.05, 4.69) is 10.5 Å². The lowest BCUT2D eigenvalue weighted by Crippen LogP contribution is -2.24. The smallest absolute Gasteiger partial charge is 0.277 e. The molecule has 1 fully saturated rings. The number of benzene rings is 2. The second-order valence-corrected chi connectivity index (χ2v) is 7.97. The van der Waals surface area contributed by atoms with E-state index in [4.69, 9.17) is 4.74 Å². The van der Waals surface area contributed by atoms with Gasteiger partial charge in [0.05, 0.1) is 10.8 Å². The van der Waals surface area contributed by atoms with Crippen LogP contribution in [0.15, 0.2) is 53.6 Å². The first-order chi connectivity index (χ1) is 12.2. The van der Waals surface area contributed by atoms with Crippen LogP contribution in [0.25, 0.3) is 0 Å². The molecule has 0 unspecified atom stereocenters. The highest BCUT2D eigenvalue weighted by Gasteiger charge is 2.17. The predicted molar refractivity (Wildman–Crippen MR) is 102 cm³/mol. The van der Waals surface area contributed by atoms with Crippen molar-refractivity contribution in [3.05, 3.63) is 65.5 Å². The van der Waals surface area contributed by atoms with Crippen molar-refractivity contribution in [2.24, 2.45) is 5.10 Å². The minimum atomic E-state index is -0.404. The van der Waals surface area contributed by atoms with Gasteiger partial charge in [-0.2, -0.15) is 5.10 Å². The van der Waals surface area contributed by atoms with E-state index >= 15 is 0 Å². The van der Waals surface area contributed by atoms with Gasteiger partial charge in [-0.3, -0.25) is 4.79 Å². The summed E-state index contributed by atoms with van der Waals surface area (Å²) in [5.41, 5.74) is 3.89. The first-order valence-electron chi connectivity index (χ1n) is 7.75. The van der Waals surface area contributed by atoms with Crippen molar-refractivity contribution in [2.75, 3.05) is 18.1 Å². The molecule has 0 atom stereocenters. The largest absolute Gasteiger partial charge is 0.484 e. The van der Waals surface area contributed by atoms with E-state index in [0.29, 0.717) is 15.9 Å². The van der Waals surface area contributed by atoms with Gasteiger partial charge in [-0.25, -0.2) is 9.82 Å². The van der Waals surface area contributed by atoms with Crippen LogP contribution in [0.4, 0.5) is 4.39 Å². The Kier molecular flexibility index (Phi) is 6.36. The van der Waals surface area contributed by atoms with Gasteiger partial charge in [0.2, 0.25) is 0 Å². The Morgan fingerprint density at radius 2 is 1.92 bits per heavy atom. The normalized spacial score (nSPS) is 14.8. The summed E-state index contributed by atoms with van der Waals surface area (Å²) >= 11 is 3.89. The Morgan fingerprint density at radius 3 is 2.64 bits per heavy atom. The number of hydrogen-bond donors (Lipinski definition) is 1. The molecule has 7 heteroatoms. The van der Waals surface area contributed by atoms with Crippen LogP contribution in [0.3, 0.4) is 0 Å². The maximum Gasteiger partial charge on any atom is 0.277 e. The lowest BCUT2D eigenvalue weighted by Gasteiger charge is -2.10. The van der Waals surface area contributed by atoms with E-state index in [1.807, 2.05) is 47.8 Å². The lowest BCUT2D eigenvalue weighted by atomic mass is 10.2. The van der Waals surface area contributed by atoms with Crippen LogP contribution < -0.4 is 10.2 Å². The van der Waals surface area contributed by atoms with Crippen LogP contribution in [0.2, 0.25) is 0 Å². The molecule has 25 heavy (non-hydrogen) atoms. The third-order valence-electron chi connectivity index (χ3n) is 3.44. The van der Waals surface area contributed by atoms with Gasteiger partial charge in [0, 0.05) is 17.1 Å². The molecule has 0 bridgehead atoms. The number of ether oxygens (including phenoxy) is 1. The summed E-state index contributed by atoms with van der Waals surface area (Å²) in [5, 5.41) is 3.73. The molecule has 130 valence electrons. The topological polar surface area (TPSA) is 50.7 Å². The maximum absolute atomic E-state index is 13.4. The second-order valence-electron chi connectivity index (χ2n) is 5.25. The molecule has 0 saturated carbocycles. The molecule has 2 aromatic rings. The van der Waals surface area contributed by atoms with Crippen molar-refractivity contribution in [3.8, 4) is 5.75 Å². The molecular formula is C18H17FN2O2S2. The molecule has 0 radical (unpaired) electrons. The zero-order chi connectivity index (χ0) is 17.5. The highest BCUT2D eigenvalue weighted by atomic mass is 32.2. The molecule has 0 aromatic heterocycles. The SMILES string of the molecule is O=C(COc1ccc(C2SCCS2)cc1)N/N=C\c1ccccc1F. The molecule has 1 N–H and O–H groups in total. The number of hydrazone groups is 1. The average molecular weight is 376 g/mol. The molecule has 0 spiro atoms. The fraction of sp³-hybridized carbons (Fsp3) is 0.222. The number of halogens is 1.